The Morgan fingerprint density at radius 2 is 2.00 bits per heavy atom. The standard InChI is InChI=1S/C18H28N2O/c1-3-20(16-7-5-15(19)6-8-16)12-17-11-14-10-13(2)4-9-18(14)21-17/h4,9-10,15-17H,3,5-8,11-12,19H2,1-2H3. The third kappa shape index (κ3) is 3.41. The van der Waals surface area contributed by atoms with Crippen LogP contribution in [0.5, 0.6) is 5.75 Å². The SMILES string of the molecule is CCN(CC1Cc2cc(C)ccc2O1)C1CCC(N)CC1. The van der Waals surface area contributed by atoms with Crippen molar-refractivity contribution in [1.82, 2.24) is 4.90 Å². The molecule has 1 aliphatic carbocycles. The first kappa shape index (κ1) is 14.9. The molecule has 21 heavy (non-hydrogen) atoms. The summed E-state index contributed by atoms with van der Waals surface area (Å²) in [5.74, 6) is 1.09. The van der Waals surface area contributed by atoms with Gasteiger partial charge in [0.25, 0.3) is 0 Å². The van der Waals surface area contributed by atoms with Gasteiger partial charge in [0.15, 0.2) is 0 Å². The fourth-order valence-electron chi connectivity index (χ4n) is 3.82. The summed E-state index contributed by atoms with van der Waals surface area (Å²) in [6, 6.07) is 7.66. The molecule has 3 rings (SSSR count). The molecule has 1 heterocycles. The summed E-state index contributed by atoms with van der Waals surface area (Å²) < 4.78 is 6.14. The second-order valence-electron chi connectivity index (χ2n) is 6.71. The molecular formula is C18H28N2O. The number of ether oxygens (including phenoxy) is 1. The van der Waals surface area contributed by atoms with Gasteiger partial charge in [-0.2, -0.15) is 0 Å². The smallest absolute Gasteiger partial charge is 0.123 e. The van der Waals surface area contributed by atoms with Gasteiger partial charge in [-0.05, 0) is 50.8 Å². The van der Waals surface area contributed by atoms with Crippen molar-refractivity contribution in [3.63, 3.8) is 0 Å². The molecule has 0 aromatic heterocycles. The van der Waals surface area contributed by atoms with Gasteiger partial charge >= 0.3 is 0 Å². The highest BCUT2D eigenvalue weighted by atomic mass is 16.5. The zero-order valence-electron chi connectivity index (χ0n) is 13.3. The normalized spacial score (nSPS) is 28.5. The molecule has 1 saturated carbocycles. The van der Waals surface area contributed by atoms with Crippen molar-refractivity contribution in [2.45, 2.75) is 64.1 Å². The van der Waals surface area contributed by atoms with E-state index in [1.807, 2.05) is 0 Å². The summed E-state index contributed by atoms with van der Waals surface area (Å²) >= 11 is 0. The topological polar surface area (TPSA) is 38.5 Å². The quantitative estimate of drug-likeness (QED) is 0.926. The van der Waals surface area contributed by atoms with Crippen LogP contribution in [-0.4, -0.2) is 36.2 Å². The van der Waals surface area contributed by atoms with Gasteiger partial charge in [0.1, 0.15) is 11.9 Å². The van der Waals surface area contributed by atoms with Crippen LogP contribution in [0.3, 0.4) is 0 Å². The zero-order chi connectivity index (χ0) is 14.8. The van der Waals surface area contributed by atoms with E-state index in [0.29, 0.717) is 18.2 Å². The third-order valence-electron chi connectivity index (χ3n) is 5.06. The molecule has 1 fully saturated rings. The Morgan fingerprint density at radius 3 is 2.71 bits per heavy atom. The molecule has 1 aromatic rings. The van der Waals surface area contributed by atoms with Crippen LogP contribution in [0.2, 0.25) is 0 Å². The van der Waals surface area contributed by atoms with Crippen molar-refractivity contribution in [2.75, 3.05) is 13.1 Å². The zero-order valence-corrected chi connectivity index (χ0v) is 13.3. The minimum Gasteiger partial charge on any atom is -0.488 e. The predicted molar refractivity (Wildman–Crippen MR) is 86.8 cm³/mol. The van der Waals surface area contributed by atoms with E-state index in [1.54, 1.807) is 0 Å². The molecular weight excluding hydrogens is 260 g/mol. The van der Waals surface area contributed by atoms with Crippen LogP contribution in [0.4, 0.5) is 0 Å². The lowest BCUT2D eigenvalue weighted by Gasteiger charge is -2.36. The average molecular weight is 288 g/mol. The molecule has 2 aliphatic rings. The predicted octanol–water partition coefficient (Wildman–Crippen LogP) is 2.89. The lowest BCUT2D eigenvalue weighted by Crippen LogP contribution is -2.45. The molecule has 1 aromatic carbocycles. The van der Waals surface area contributed by atoms with E-state index in [9.17, 15) is 0 Å². The minimum absolute atomic E-state index is 0.317. The van der Waals surface area contributed by atoms with Gasteiger partial charge in [-0.25, -0.2) is 0 Å². The fraction of sp³-hybridized carbons (Fsp3) is 0.667. The number of nitrogens with two attached hydrogens (primary N) is 1. The van der Waals surface area contributed by atoms with Crippen molar-refractivity contribution in [3.05, 3.63) is 29.3 Å². The highest BCUT2D eigenvalue weighted by molar-refractivity contribution is 5.40. The maximum absolute atomic E-state index is 6.14. The third-order valence-corrected chi connectivity index (χ3v) is 5.06. The number of fused-ring (bicyclic) bond motifs is 1. The molecule has 0 spiro atoms. The first-order valence-corrected chi connectivity index (χ1v) is 8.41. The number of likely N-dealkylation sites (N-methyl/N-ethyl adjacent to an activating group) is 1. The van der Waals surface area contributed by atoms with Gasteiger partial charge in [0.2, 0.25) is 0 Å². The first-order chi connectivity index (χ1) is 10.2. The van der Waals surface area contributed by atoms with Gasteiger partial charge in [-0.3, -0.25) is 4.90 Å². The number of nitrogens with zero attached hydrogens (tertiary/aromatic N) is 1. The highest BCUT2D eigenvalue weighted by Gasteiger charge is 2.29. The van der Waals surface area contributed by atoms with E-state index in [-0.39, 0.29) is 0 Å². The maximum Gasteiger partial charge on any atom is 0.123 e. The van der Waals surface area contributed by atoms with E-state index < -0.39 is 0 Å². The molecule has 2 N–H and O–H groups in total. The largest absolute Gasteiger partial charge is 0.488 e. The Morgan fingerprint density at radius 1 is 1.24 bits per heavy atom. The van der Waals surface area contributed by atoms with Gasteiger partial charge in [0, 0.05) is 25.0 Å². The van der Waals surface area contributed by atoms with Crippen LogP contribution < -0.4 is 10.5 Å². The molecule has 0 radical (unpaired) electrons. The second-order valence-corrected chi connectivity index (χ2v) is 6.71. The Bertz CT molecular complexity index is 480. The highest BCUT2D eigenvalue weighted by Crippen LogP contribution is 2.31. The van der Waals surface area contributed by atoms with Crippen molar-refractivity contribution >= 4 is 0 Å². The number of aryl methyl sites for hydroxylation is 1. The number of rotatable bonds is 4. The van der Waals surface area contributed by atoms with Crippen LogP contribution in [-0.2, 0) is 6.42 Å². The summed E-state index contributed by atoms with van der Waals surface area (Å²) in [6.45, 7) is 6.57. The van der Waals surface area contributed by atoms with E-state index in [1.165, 1.54) is 36.8 Å². The first-order valence-electron chi connectivity index (χ1n) is 8.41. The van der Waals surface area contributed by atoms with Crippen LogP contribution in [0.25, 0.3) is 0 Å². The molecule has 3 nitrogen and oxygen atoms in total. The van der Waals surface area contributed by atoms with Crippen LogP contribution in [0, 0.1) is 6.92 Å². The molecule has 0 saturated heterocycles. The molecule has 116 valence electrons. The van der Waals surface area contributed by atoms with Gasteiger partial charge in [0.05, 0.1) is 0 Å². The second kappa shape index (κ2) is 6.37. The van der Waals surface area contributed by atoms with E-state index in [4.69, 9.17) is 10.5 Å². The summed E-state index contributed by atoms with van der Waals surface area (Å²) in [5.41, 5.74) is 8.73. The lowest BCUT2D eigenvalue weighted by atomic mass is 9.90. The van der Waals surface area contributed by atoms with Crippen molar-refractivity contribution < 1.29 is 4.74 Å². The summed E-state index contributed by atoms with van der Waals surface area (Å²) in [5, 5.41) is 0. The summed E-state index contributed by atoms with van der Waals surface area (Å²) in [6.07, 6.45) is 6.21. The Balaban J connectivity index is 1.59. The van der Waals surface area contributed by atoms with Crippen molar-refractivity contribution in [3.8, 4) is 5.75 Å². The van der Waals surface area contributed by atoms with Gasteiger partial charge < -0.3 is 10.5 Å². The van der Waals surface area contributed by atoms with E-state index >= 15 is 0 Å². The fourth-order valence-corrected chi connectivity index (χ4v) is 3.82. The molecule has 3 heteroatoms. The van der Waals surface area contributed by atoms with E-state index in [2.05, 4.69) is 36.9 Å². The van der Waals surface area contributed by atoms with Crippen LogP contribution in [0.15, 0.2) is 18.2 Å². The van der Waals surface area contributed by atoms with Crippen molar-refractivity contribution in [1.29, 1.82) is 0 Å². The van der Waals surface area contributed by atoms with Crippen LogP contribution in [0.1, 0.15) is 43.7 Å². The monoisotopic (exact) mass is 288 g/mol. The molecule has 1 unspecified atom stereocenters. The molecule has 0 bridgehead atoms. The van der Waals surface area contributed by atoms with Gasteiger partial charge in [-0.1, -0.05) is 24.6 Å². The Hall–Kier alpha value is -1.06. The Kier molecular flexibility index (Phi) is 4.51. The summed E-state index contributed by atoms with van der Waals surface area (Å²) in [4.78, 5) is 2.61. The minimum atomic E-state index is 0.317. The van der Waals surface area contributed by atoms with Crippen LogP contribution >= 0.6 is 0 Å². The number of hydrogen-bond donors (Lipinski definition) is 1. The molecule has 1 atom stereocenters. The Labute approximate surface area is 128 Å². The maximum atomic E-state index is 6.14. The van der Waals surface area contributed by atoms with Gasteiger partial charge in [-0.15, -0.1) is 0 Å². The summed E-state index contributed by atoms with van der Waals surface area (Å²) in [7, 11) is 0. The number of benzene rings is 1. The molecule has 1 aliphatic heterocycles. The number of hydrogen-bond acceptors (Lipinski definition) is 3. The van der Waals surface area contributed by atoms with Crippen molar-refractivity contribution in [2.24, 2.45) is 5.73 Å². The molecule has 0 amide bonds. The average Bonchev–Trinajstić information content (AvgIpc) is 2.87. The van der Waals surface area contributed by atoms with E-state index in [0.717, 1.165) is 25.3 Å². The lowest BCUT2D eigenvalue weighted by molar-refractivity contribution is 0.0986.